The number of halogens is 1. The molecular formula is C34H39FN4O7. The van der Waals surface area contributed by atoms with Crippen LogP contribution >= 0.6 is 0 Å². The third kappa shape index (κ3) is 8.87. The van der Waals surface area contributed by atoms with Gasteiger partial charge in [-0.05, 0) is 54.3 Å². The van der Waals surface area contributed by atoms with E-state index in [0.717, 1.165) is 11.1 Å². The highest BCUT2D eigenvalue weighted by molar-refractivity contribution is 5.79. The minimum Gasteiger partial charge on any atom is -0.496 e. The van der Waals surface area contributed by atoms with Crippen molar-refractivity contribution in [2.75, 3.05) is 40.5 Å². The van der Waals surface area contributed by atoms with Gasteiger partial charge in [0, 0.05) is 44.2 Å². The quantitative estimate of drug-likeness (QED) is 0.378. The maximum Gasteiger partial charge on any atom is 0.258 e. The monoisotopic (exact) mass is 634 g/mol. The molecule has 12 heteroatoms. The molecule has 0 saturated carbocycles. The summed E-state index contributed by atoms with van der Waals surface area (Å²) in [6, 6.07) is 16.6. The number of ether oxygens (including phenoxy) is 4. The van der Waals surface area contributed by atoms with Crippen molar-refractivity contribution in [2.24, 2.45) is 0 Å². The van der Waals surface area contributed by atoms with Crippen LogP contribution in [0.15, 0.2) is 60.7 Å². The van der Waals surface area contributed by atoms with Gasteiger partial charge in [-0.25, -0.2) is 4.39 Å². The van der Waals surface area contributed by atoms with Gasteiger partial charge in [0.25, 0.3) is 5.91 Å². The summed E-state index contributed by atoms with van der Waals surface area (Å²) >= 11 is 0. The smallest absolute Gasteiger partial charge is 0.258 e. The number of para-hydroxylation sites is 1. The lowest BCUT2D eigenvalue weighted by atomic mass is 10.0. The zero-order chi connectivity index (χ0) is 32.5. The number of rotatable bonds is 6. The molecule has 0 aromatic heterocycles. The number of nitrogens with zero attached hydrogens (tertiary/aromatic N) is 1. The minimum atomic E-state index is -0.537. The van der Waals surface area contributed by atoms with Crippen LogP contribution in [0.2, 0.25) is 0 Å². The minimum absolute atomic E-state index is 0.110. The Morgan fingerprint density at radius 3 is 2.65 bits per heavy atom. The third-order valence-corrected chi connectivity index (χ3v) is 7.95. The second kappa shape index (κ2) is 15.4. The van der Waals surface area contributed by atoms with E-state index in [2.05, 4.69) is 16.0 Å². The molecule has 0 unspecified atom stereocenters. The first-order valence-electron chi connectivity index (χ1n) is 15.2. The van der Waals surface area contributed by atoms with Gasteiger partial charge >= 0.3 is 0 Å². The summed E-state index contributed by atoms with van der Waals surface area (Å²) in [7, 11) is 3.09. The largest absolute Gasteiger partial charge is 0.496 e. The van der Waals surface area contributed by atoms with E-state index in [-0.39, 0.29) is 43.7 Å². The van der Waals surface area contributed by atoms with Gasteiger partial charge in [-0.2, -0.15) is 0 Å². The molecule has 4 bridgehead atoms. The molecule has 2 atom stereocenters. The standard InChI is InChI=1S/C34H39FN4O7/c1-43-28-6-4-3-5-24(28)18-37-33(41)20-39-12-11-29-27(19-39)38-34(42)21-45-31-15-22(7-9-30(31)44-2)8-10-32(40)36-17-23-13-25(35)16-26(14-23)46-29/h3-7,9,13-16,27,29H,8,10-12,17-21H2,1-2H3,(H,36,40)(H,37,41)(H,38,42)/t27-,29-/m1/s1. The molecule has 0 aliphatic carbocycles. The van der Waals surface area contributed by atoms with Gasteiger partial charge in [-0.3, -0.25) is 19.3 Å². The predicted octanol–water partition coefficient (Wildman–Crippen LogP) is 2.74. The Morgan fingerprint density at radius 1 is 1.00 bits per heavy atom. The molecule has 0 radical (unpaired) electrons. The number of carbonyl (C=O) groups excluding carboxylic acids is 3. The molecular weight excluding hydrogens is 595 g/mol. The summed E-state index contributed by atoms with van der Waals surface area (Å²) < 4.78 is 37.5. The number of nitrogens with one attached hydrogen (secondary N) is 3. The summed E-state index contributed by atoms with van der Waals surface area (Å²) in [4.78, 5) is 40.6. The van der Waals surface area contributed by atoms with Crippen LogP contribution in [0.1, 0.15) is 29.5 Å². The highest BCUT2D eigenvalue weighted by atomic mass is 19.1. The van der Waals surface area contributed by atoms with Gasteiger partial charge in [0.1, 0.15) is 23.4 Å². The SMILES string of the molecule is COc1ccccc1CNC(=O)CN1CC[C@H]2Oc3cc(F)cc(c3)CNC(=O)CCc3ccc(OC)c(c3)OCC(=O)N[C@@H]2C1. The molecule has 2 aliphatic rings. The zero-order valence-corrected chi connectivity index (χ0v) is 26.0. The Bertz CT molecular complexity index is 1550. The second-order valence-electron chi connectivity index (χ2n) is 11.3. The molecule has 244 valence electrons. The number of benzene rings is 3. The van der Waals surface area contributed by atoms with Crippen molar-refractivity contribution in [3.8, 4) is 23.0 Å². The van der Waals surface area contributed by atoms with Crippen molar-refractivity contribution in [3.05, 3.63) is 83.2 Å². The molecule has 2 heterocycles. The van der Waals surface area contributed by atoms with Crippen molar-refractivity contribution in [2.45, 2.75) is 44.5 Å². The first-order valence-corrected chi connectivity index (χ1v) is 15.2. The first kappa shape index (κ1) is 32.6. The Kier molecular flexibility index (Phi) is 10.9. The number of aryl methyl sites for hydroxylation is 1. The van der Waals surface area contributed by atoms with Crippen LogP contribution in [0.4, 0.5) is 4.39 Å². The summed E-state index contributed by atoms with van der Waals surface area (Å²) in [5.41, 5.74) is 2.24. The Morgan fingerprint density at radius 2 is 1.83 bits per heavy atom. The number of amides is 3. The lowest BCUT2D eigenvalue weighted by Crippen LogP contribution is -2.58. The molecule has 1 saturated heterocycles. The van der Waals surface area contributed by atoms with Gasteiger partial charge in [0.15, 0.2) is 18.1 Å². The number of hydrogen-bond donors (Lipinski definition) is 3. The third-order valence-electron chi connectivity index (χ3n) is 7.95. The molecule has 5 rings (SSSR count). The predicted molar refractivity (Wildman–Crippen MR) is 167 cm³/mol. The average Bonchev–Trinajstić information content (AvgIpc) is 3.05. The van der Waals surface area contributed by atoms with Gasteiger partial charge in [-0.1, -0.05) is 24.3 Å². The molecule has 2 aliphatic heterocycles. The van der Waals surface area contributed by atoms with E-state index >= 15 is 0 Å². The topological polar surface area (TPSA) is 127 Å². The van der Waals surface area contributed by atoms with Crippen molar-refractivity contribution in [3.63, 3.8) is 0 Å². The highest BCUT2D eigenvalue weighted by Gasteiger charge is 2.33. The molecule has 11 nitrogen and oxygen atoms in total. The number of fused-ring (bicyclic) bond motifs is 5. The molecule has 46 heavy (non-hydrogen) atoms. The van der Waals surface area contributed by atoms with Gasteiger partial charge in [0.05, 0.1) is 26.8 Å². The fourth-order valence-corrected chi connectivity index (χ4v) is 5.62. The van der Waals surface area contributed by atoms with Crippen LogP contribution in [-0.2, 0) is 33.9 Å². The van der Waals surface area contributed by atoms with Gasteiger partial charge < -0.3 is 34.9 Å². The van der Waals surface area contributed by atoms with Crippen molar-refractivity contribution in [1.29, 1.82) is 0 Å². The van der Waals surface area contributed by atoms with E-state index < -0.39 is 23.9 Å². The molecule has 0 spiro atoms. The zero-order valence-electron chi connectivity index (χ0n) is 26.0. The first-order chi connectivity index (χ1) is 22.3. The molecule has 3 aromatic carbocycles. The summed E-state index contributed by atoms with van der Waals surface area (Å²) in [5.74, 6) is 0.554. The maximum absolute atomic E-state index is 14.6. The van der Waals surface area contributed by atoms with Crippen LogP contribution in [-0.4, -0.2) is 75.2 Å². The highest BCUT2D eigenvalue weighted by Crippen LogP contribution is 2.29. The van der Waals surface area contributed by atoms with E-state index in [1.165, 1.54) is 19.2 Å². The summed E-state index contributed by atoms with van der Waals surface area (Å²) in [6.45, 7) is 1.08. The Balaban J connectivity index is 1.31. The van der Waals surface area contributed by atoms with E-state index in [9.17, 15) is 18.8 Å². The summed E-state index contributed by atoms with van der Waals surface area (Å²) in [5, 5.41) is 8.78. The number of carbonyl (C=O) groups is 3. The lowest BCUT2D eigenvalue weighted by molar-refractivity contribution is -0.125. The van der Waals surface area contributed by atoms with Gasteiger partial charge in [0.2, 0.25) is 11.8 Å². The number of piperidine rings is 1. The number of methoxy groups -OCH3 is 2. The van der Waals surface area contributed by atoms with Gasteiger partial charge in [-0.15, -0.1) is 0 Å². The van der Waals surface area contributed by atoms with Crippen molar-refractivity contribution < 1.29 is 37.7 Å². The van der Waals surface area contributed by atoms with Crippen LogP contribution in [0, 0.1) is 5.82 Å². The molecule has 3 aromatic rings. The average molecular weight is 635 g/mol. The van der Waals surface area contributed by atoms with Crippen LogP contribution in [0.5, 0.6) is 23.0 Å². The number of hydrogen-bond acceptors (Lipinski definition) is 8. The maximum atomic E-state index is 14.6. The van der Waals surface area contributed by atoms with Crippen molar-refractivity contribution >= 4 is 17.7 Å². The lowest BCUT2D eigenvalue weighted by Gasteiger charge is -2.38. The van der Waals surface area contributed by atoms with E-state index in [4.69, 9.17) is 18.9 Å². The fourth-order valence-electron chi connectivity index (χ4n) is 5.62. The van der Waals surface area contributed by atoms with Crippen molar-refractivity contribution in [1.82, 2.24) is 20.9 Å². The van der Waals surface area contributed by atoms with Crippen LogP contribution in [0.25, 0.3) is 0 Å². The molecule has 3 amide bonds. The molecule has 3 N–H and O–H groups in total. The normalized spacial score (nSPS) is 19.1. The molecule has 1 fully saturated rings. The van der Waals surface area contributed by atoms with E-state index in [1.54, 1.807) is 25.3 Å². The second-order valence-corrected chi connectivity index (χ2v) is 11.3. The van der Waals surface area contributed by atoms with Crippen LogP contribution in [0.3, 0.4) is 0 Å². The number of likely N-dealkylation sites (tertiary alicyclic amines) is 1. The summed E-state index contributed by atoms with van der Waals surface area (Å²) in [6.07, 6.45) is 0.591. The Hall–Kier alpha value is -4.84. The van der Waals surface area contributed by atoms with Crippen LogP contribution < -0.4 is 34.9 Å². The van der Waals surface area contributed by atoms with E-state index in [1.807, 2.05) is 35.2 Å². The van der Waals surface area contributed by atoms with E-state index in [0.29, 0.717) is 55.3 Å². The Labute approximate surface area is 267 Å². The fraction of sp³-hybridized carbons (Fsp3) is 0.382.